The van der Waals surface area contributed by atoms with Crippen LogP contribution in [0.4, 0.5) is 9.52 Å². The van der Waals surface area contributed by atoms with E-state index in [1.54, 1.807) is 23.1 Å². The highest BCUT2D eigenvalue weighted by Gasteiger charge is 2.29. The number of thiazole rings is 1. The second kappa shape index (κ2) is 10.1. The van der Waals surface area contributed by atoms with Gasteiger partial charge in [0.05, 0.1) is 21.7 Å². The van der Waals surface area contributed by atoms with E-state index in [1.165, 1.54) is 39.9 Å². The molecule has 1 amide bonds. The SMILES string of the molecule is CC1CCCN(S(=O)(=O)c2ccc(C(=O)N(Cc3ccccc3)c3nc4ccc(F)cc4s3)cc2)C1. The molecule has 0 radical (unpaired) electrons. The van der Waals surface area contributed by atoms with Crippen LogP contribution in [0, 0.1) is 11.7 Å². The molecule has 1 aliphatic heterocycles. The molecule has 0 saturated carbocycles. The zero-order chi connectivity index (χ0) is 25.3. The topological polar surface area (TPSA) is 70.6 Å². The third-order valence-corrected chi connectivity index (χ3v) is 9.28. The average molecular weight is 524 g/mol. The first-order valence-electron chi connectivity index (χ1n) is 11.8. The van der Waals surface area contributed by atoms with E-state index in [1.807, 2.05) is 30.3 Å². The normalized spacial score (nSPS) is 16.8. The summed E-state index contributed by atoms with van der Waals surface area (Å²) >= 11 is 1.24. The first kappa shape index (κ1) is 24.5. The number of anilines is 1. The number of piperidine rings is 1. The van der Waals surface area contributed by atoms with E-state index in [0.29, 0.717) is 39.9 Å². The van der Waals surface area contributed by atoms with Gasteiger partial charge in [-0.2, -0.15) is 4.31 Å². The maximum absolute atomic E-state index is 13.8. The number of nitrogens with zero attached hydrogens (tertiary/aromatic N) is 3. The molecule has 0 bridgehead atoms. The summed E-state index contributed by atoms with van der Waals surface area (Å²) in [7, 11) is -3.62. The molecular weight excluding hydrogens is 497 g/mol. The summed E-state index contributed by atoms with van der Waals surface area (Å²) in [6.45, 7) is 3.34. The fourth-order valence-corrected chi connectivity index (χ4v) is 7.02. The fraction of sp³-hybridized carbons (Fsp3) is 0.259. The number of carbonyl (C=O) groups is 1. The van der Waals surface area contributed by atoms with E-state index in [4.69, 9.17) is 0 Å². The van der Waals surface area contributed by atoms with Gasteiger partial charge in [0.1, 0.15) is 5.82 Å². The third-order valence-electron chi connectivity index (χ3n) is 6.36. The lowest BCUT2D eigenvalue weighted by atomic mass is 10.0. The van der Waals surface area contributed by atoms with Crippen LogP contribution in [0.25, 0.3) is 10.2 Å². The van der Waals surface area contributed by atoms with Gasteiger partial charge in [-0.05, 0) is 66.8 Å². The van der Waals surface area contributed by atoms with Crippen LogP contribution in [-0.4, -0.2) is 36.7 Å². The molecule has 4 aromatic rings. The molecule has 6 nitrogen and oxygen atoms in total. The molecule has 3 aromatic carbocycles. The van der Waals surface area contributed by atoms with Crippen LogP contribution in [-0.2, 0) is 16.6 Å². The molecule has 5 rings (SSSR count). The average Bonchev–Trinajstić information content (AvgIpc) is 3.30. The minimum atomic E-state index is -3.62. The van der Waals surface area contributed by atoms with E-state index in [-0.39, 0.29) is 23.2 Å². The second-order valence-electron chi connectivity index (χ2n) is 9.12. The minimum absolute atomic E-state index is 0.179. The van der Waals surface area contributed by atoms with Crippen LogP contribution in [0.3, 0.4) is 0 Å². The molecule has 1 unspecified atom stereocenters. The van der Waals surface area contributed by atoms with Gasteiger partial charge >= 0.3 is 0 Å². The number of hydrogen-bond donors (Lipinski definition) is 0. The van der Waals surface area contributed by atoms with Gasteiger partial charge in [0.25, 0.3) is 5.91 Å². The summed E-state index contributed by atoms with van der Waals surface area (Å²) in [6.07, 6.45) is 1.87. The monoisotopic (exact) mass is 523 g/mol. The Morgan fingerprint density at radius 3 is 2.58 bits per heavy atom. The zero-order valence-electron chi connectivity index (χ0n) is 19.8. The maximum atomic E-state index is 13.8. The Morgan fingerprint density at radius 2 is 1.86 bits per heavy atom. The van der Waals surface area contributed by atoms with E-state index < -0.39 is 10.0 Å². The summed E-state index contributed by atoms with van der Waals surface area (Å²) in [4.78, 5) is 20.0. The molecule has 186 valence electrons. The van der Waals surface area contributed by atoms with Crippen molar-refractivity contribution < 1.29 is 17.6 Å². The number of benzene rings is 3. The Balaban J connectivity index is 1.46. The summed E-state index contributed by atoms with van der Waals surface area (Å²) in [6, 6.07) is 20.0. The van der Waals surface area contributed by atoms with Crippen molar-refractivity contribution in [1.29, 1.82) is 0 Å². The number of hydrogen-bond acceptors (Lipinski definition) is 5. The van der Waals surface area contributed by atoms with E-state index >= 15 is 0 Å². The van der Waals surface area contributed by atoms with Gasteiger partial charge in [-0.1, -0.05) is 48.6 Å². The molecule has 0 spiro atoms. The van der Waals surface area contributed by atoms with Crippen LogP contribution < -0.4 is 4.90 Å². The molecule has 36 heavy (non-hydrogen) atoms. The van der Waals surface area contributed by atoms with Gasteiger partial charge in [-0.3, -0.25) is 9.69 Å². The number of rotatable bonds is 6. The predicted octanol–water partition coefficient (Wildman–Crippen LogP) is 5.70. The summed E-state index contributed by atoms with van der Waals surface area (Å²) in [5.74, 6) is -0.351. The molecule has 1 atom stereocenters. The lowest BCUT2D eigenvalue weighted by molar-refractivity contribution is 0.0985. The Morgan fingerprint density at radius 1 is 1.11 bits per heavy atom. The number of halogens is 1. The second-order valence-corrected chi connectivity index (χ2v) is 12.1. The highest BCUT2D eigenvalue weighted by molar-refractivity contribution is 7.89. The van der Waals surface area contributed by atoms with Crippen molar-refractivity contribution >= 4 is 42.6 Å². The minimum Gasteiger partial charge on any atom is -0.279 e. The molecule has 0 N–H and O–H groups in total. The molecule has 1 aromatic heterocycles. The quantitative estimate of drug-likeness (QED) is 0.325. The molecule has 1 saturated heterocycles. The fourth-order valence-electron chi connectivity index (χ4n) is 4.43. The lowest BCUT2D eigenvalue weighted by Crippen LogP contribution is -2.39. The number of carbonyl (C=O) groups excluding carboxylic acids is 1. The Bertz CT molecular complexity index is 1490. The van der Waals surface area contributed by atoms with Gasteiger partial charge in [0.15, 0.2) is 5.13 Å². The Labute approximate surface area is 214 Å². The molecule has 0 aliphatic carbocycles. The van der Waals surface area contributed by atoms with Crippen LogP contribution >= 0.6 is 11.3 Å². The first-order chi connectivity index (χ1) is 17.3. The van der Waals surface area contributed by atoms with E-state index in [9.17, 15) is 17.6 Å². The van der Waals surface area contributed by atoms with Crippen molar-refractivity contribution in [3.8, 4) is 0 Å². The number of aromatic nitrogens is 1. The summed E-state index contributed by atoms with van der Waals surface area (Å²) in [5.41, 5.74) is 1.87. The molecule has 1 fully saturated rings. The van der Waals surface area contributed by atoms with Crippen molar-refractivity contribution in [3.63, 3.8) is 0 Å². The third kappa shape index (κ3) is 5.04. The molecule has 9 heteroatoms. The maximum Gasteiger partial charge on any atom is 0.260 e. The summed E-state index contributed by atoms with van der Waals surface area (Å²) < 4.78 is 42.2. The summed E-state index contributed by atoms with van der Waals surface area (Å²) in [5, 5.41) is 0.448. The van der Waals surface area contributed by atoms with Gasteiger partial charge in [0, 0.05) is 18.7 Å². The van der Waals surface area contributed by atoms with E-state index in [2.05, 4.69) is 11.9 Å². The molecule has 2 heterocycles. The number of amides is 1. The highest BCUT2D eigenvalue weighted by atomic mass is 32.2. The standard InChI is InChI=1S/C27H26FN3O3S2/c1-19-6-5-15-30(17-19)36(33,34)23-12-9-21(10-13-23)26(32)31(18-20-7-3-2-4-8-20)27-29-24-14-11-22(28)16-25(24)35-27/h2-4,7-14,16,19H,5-6,15,17-18H2,1H3. The van der Waals surface area contributed by atoms with Crippen LogP contribution in [0.2, 0.25) is 0 Å². The molecular formula is C27H26FN3O3S2. The number of sulfonamides is 1. The van der Waals surface area contributed by atoms with Crippen molar-refractivity contribution in [3.05, 3.63) is 89.7 Å². The first-order valence-corrected chi connectivity index (χ1v) is 14.1. The Hall–Kier alpha value is -3.14. The van der Waals surface area contributed by atoms with Crippen molar-refractivity contribution in [2.45, 2.75) is 31.2 Å². The van der Waals surface area contributed by atoms with Gasteiger partial charge in [-0.15, -0.1) is 0 Å². The van der Waals surface area contributed by atoms with Crippen LogP contribution in [0.1, 0.15) is 35.7 Å². The smallest absolute Gasteiger partial charge is 0.260 e. The zero-order valence-corrected chi connectivity index (χ0v) is 21.4. The van der Waals surface area contributed by atoms with Gasteiger partial charge < -0.3 is 0 Å². The van der Waals surface area contributed by atoms with Crippen molar-refractivity contribution in [2.75, 3.05) is 18.0 Å². The van der Waals surface area contributed by atoms with Crippen LogP contribution in [0.5, 0.6) is 0 Å². The largest absolute Gasteiger partial charge is 0.279 e. The van der Waals surface area contributed by atoms with Crippen molar-refractivity contribution in [1.82, 2.24) is 9.29 Å². The van der Waals surface area contributed by atoms with Gasteiger partial charge in [0.2, 0.25) is 10.0 Å². The molecule has 1 aliphatic rings. The van der Waals surface area contributed by atoms with Crippen molar-refractivity contribution in [2.24, 2.45) is 5.92 Å². The Kier molecular flexibility index (Phi) is 6.87. The van der Waals surface area contributed by atoms with Gasteiger partial charge in [-0.25, -0.2) is 17.8 Å². The predicted molar refractivity (Wildman–Crippen MR) is 140 cm³/mol. The van der Waals surface area contributed by atoms with Crippen LogP contribution in [0.15, 0.2) is 77.7 Å². The van der Waals surface area contributed by atoms with E-state index in [0.717, 1.165) is 18.4 Å². The number of fused-ring (bicyclic) bond motifs is 1. The lowest BCUT2D eigenvalue weighted by Gasteiger charge is -2.30. The highest BCUT2D eigenvalue weighted by Crippen LogP contribution is 2.32.